The van der Waals surface area contributed by atoms with Crippen LogP contribution in [0.3, 0.4) is 0 Å². The van der Waals surface area contributed by atoms with Crippen LogP contribution in [0.5, 0.6) is 5.75 Å². The zero-order chi connectivity index (χ0) is 13.8. The second kappa shape index (κ2) is 6.34. The first kappa shape index (κ1) is 14.3. The lowest BCUT2D eigenvalue weighted by atomic mass is 10.1. The van der Waals surface area contributed by atoms with Gasteiger partial charge in [0.25, 0.3) is 0 Å². The van der Waals surface area contributed by atoms with E-state index in [9.17, 15) is 10.1 Å². The molecule has 104 valence electrons. The van der Waals surface area contributed by atoms with Gasteiger partial charge in [-0.15, -0.1) is 0 Å². The quantitative estimate of drug-likeness (QED) is 0.681. The molecule has 0 radical (unpaired) electrons. The van der Waals surface area contributed by atoms with Gasteiger partial charge in [-0.3, -0.25) is 10.1 Å². The normalized spacial score (nSPS) is 19.2. The molecule has 1 aliphatic rings. The summed E-state index contributed by atoms with van der Waals surface area (Å²) in [5, 5.41) is 14.4. The second-order valence-electron chi connectivity index (χ2n) is 4.79. The average molecular weight is 329 g/mol. The standard InChI is InChI=1S/C13H17BrN2O3/c1-9-6-10(14)7-12(16(17)18)13(9)19-8-11-4-2-3-5-15-11/h6-7,11,15H,2-5,8H2,1H3. The van der Waals surface area contributed by atoms with E-state index in [1.807, 2.05) is 13.0 Å². The lowest BCUT2D eigenvalue weighted by Gasteiger charge is -2.23. The van der Waals surface area contributed by atoms with Crippen molar-refractivity contribution in [2.45, 2.75) is 32.2 Å². The maximum absolute atomic E-state index is 11.1. The average Bonchev–Trinajstić information content (AvgIpc) is 2.38. The number of aryl methyl sites for hydroxylation is 1. The lowest BCUT2D eigenvalue weighted by Crippen LogP contribution is -2.38. The fourth-order valence-electron chi connectivity index (χ4n) is 2.29. The summed E-state index contributed by atoms with van der Waals surface area (Å²) in [6, 6.07) is 3.60. The number of piperidine rings is 1. The Morgan fingerprint density at radius 2 is 2.32 bits per heavy atom. The van der Waals surface area contributed by atoms with E-state index in [2.05, 4.69) is 21.2 Å². The molecule has 0 bridgehead atoms. The number of halogens is 1. The Morgan fingerprint density at radius 1 is 1.53 bits per heavy atom. The molecule has 2 rings (SSSR count). The minimum Gasteiger partial charge on any atom is -0.485 e. The number of benzene rings is 1. The minimum atomic E-state index is -0.401. The van der Waals surface area contributed by atoms with Crippen molar-refractivity contribution in [2.24, 2.45) is 0 Å². The molecule has 19 heavy (non-hydrogen) atoms. The molecule has 1 aliphatic heterocycles. The number of hydrogen-bond donors (Lipinski definition) is 1. The molecule has 1 unspecified atom stereocenters. The molecule has 1 aromatic carbocycles. The van der Waals surface area contributed by atoms with E-state index in [0.717, 1.165) is 18.5 Å². The molecule has 1 aromatic rings. The van der Waals surface area contributed by atoms with Gasteiger partial charge >= 0.3 is 5.69 Å². The highest BCUT2D eigenvalue weighted by molar-refractivity contribution is 9.10. The maximum Gasteiger partial charge on any atom is 0.312 e. The molecule has 1 saturated heterocycles. The van der Waals surface area contributed by atoms with E-state index in [1.165, 1.54) is 18.9 Å². The van der Waals surface area contributed by atoms with Gasteiger partial charge in [-0.25, -0.2) is 0 Å². The fourth-order valence-corrected chi connectivity index (χ4v) is 2.85. The van der Waals surface area contributed by atoms with Gasteiger partial charge in [0.1, 0.15) is 6.61 Å². The van der Waals surface area contributed by atoms with Crippen LogP contribution in [-0.4, -0.2) is 24.1 Å². The van der Waals surface area contributed by atoms with Crippen LogP contribution in [0, 0.1) is 17.0 Å². The van der Waals surface area contributed by atoms with Crippen LogP contribution in [0.15, 0.2) is 16.6 Å². The summed E-state index contributed by atoms with van der Waals surface area (Å²) in [5.74, 6) is 0.376. The highest BCUT2D eigenvalue weighted by atomic mass is 79.9. The Hall–Kier alpha value is -1.14. The summed E-state index contributed by atoms with van der Waals surface area (Å²) in [7, 11) is 0. The molecule has 0 aromatic heterocycles. The number of hydrogen-bond acceptors (Lipinski definition) is 4. The smallest absolute Gasteiger partial charge is 0.312 e. The van der Waals surface area contributed by atoms with E-state index in [1.54, 1.807) is 0 Å². The molecule has 0 amide bonds. The number of nitro benzene ring substituents is 1. The summed E-state index contributed by atoms with van der Waals surface area (Å²) >= 11 is 3.27. The Kier molecular flexibility index (Phi) is 4.76. The van der Waals surface area contributed by atoms with Crippen molar-refractivity contribution in [1.82, 2.24) is 5.32 Å². The van der Waals surface area contributed by atoms with Gasteiger partial charge in [0.15, 0.2) is 5.75 Å². The summed E-state index contributed by atoms with van der Waals surface area (Å²) in [4.78, 5) is 10.7. The second-order valence-corrected chi connectivity index (χ2v) is 5.70. The van der Waals surface area contributed by atoms with Gasteiger partial charge in [0.05, 0.1) is 4.92 Å². The van der Waals surface area contributed by atoms with Gasteiger partial charge in [0.2, 0.25) is 0 Å². The van der Waals surface area contributed by atoms with Crippen LogP contribution in [-0.2, 0) is 0 Å². The van der Waals surface area contributed by atoms with Gasteiger partial charge in [0, 0.05) is 16.6 Å². The minimum absolute atomic E-state index is 0.0164. The molecule has 1 heterocycles. The molecule has 1 fully saturated rings. The Bertz CT molecular complexity index is 473. The van der Waals surface area contributed by atoms with Crippen LogP contribution >= 0.6 is 15.9 Å². The zero-order valence-electron chi connectivity index (χ0n) is 10.8. The van der Waals surface area contributed by atoms with E-state index in [4.69, 9.17) is 4.74 Å². The highest BCUT2D eigenvalue weighted by Gasteiger charge is 2.21. The van der Waals surface area contributed by atoms with E-state index in [-0.39, 0.29) is 11.7 Å². The van der Waals surface area contributed by atoms with Crippen molar-refractivity contribution < 1.29 is 9.66 Å². The third kappa shape index (κ3) is 3.67. The zero-order valence-corrected chi connectivity index (χ0v) is 12.4. The predicted molar refractivity (Wildman–Crippen MR) is 76.7 cm³/mol. The van der Waals surface area contributed by atoms with E-state index in [0.29, 0.717) is 16.8 Å². The van der Waals surface area contributed by atoms with Crippen LogP contribution in [0.4, 0.5) is 5.69 Å². The molecular weight excluding hydrogens is 312 g/mol. The summed E-state index contributed by atoms with van der Waals surface area (Å²) in [5.41, 5.74) is 0.791. The Morgan fingerprint density at radius 3 is 2.95 bits per heavy atom. The van der Waals surface area contributed by atoms with Crippen molar-refractivity contribution in [1.29, 1.82) is 0 Å². The monoisotopic (exact) mass is 328 g/mol. The van der Waals surface area contributed by atoms with Crippen LogP contribution in [0.1, 0.15) is 24.8 Å². The third-order valence-corrected chi connectivity index (χ3v) is 3.72. The first-order valence-corrected chi connectivity index (χ1v) is 7.18. The Labute approximate surface area is 120 Å². The molecule has 5 nitrogen and oxygen atoms in total. The van der Waals surface area contributed by atoms with Gasteiger partial charge < -0.3 is 10.1 Å². The van der Waals surface area contributed by atoms with Crippen LogP contribution in [0.25, 0.3) is 0 Å². The van der Waals surface area contributed by atoms with Crippen molar-refractivity contribution in [3.8, 4) is 5.75 Å². The van der Waals surface area contributed by atoms with Crippen LogP contribution in [0.2, 0.25) is 0 Å². The van der Waals surface area contributed by atoms with E-state index >= 15 is 0 Å². The van der Waals surface area contributed by atoms with E-state index < -0.39 is 4.92 Å². The number of nitro groups is 1. The number of nitrogens with one attached hydrogen (secondary N) is 1. The number of ether oxygens (including phenoxy) is 1. The molecule has 1 atom stereocenters. The first-order valence-electron chi connectivity index (χ1n) is 6.38. The summed E-state index contributed by atoms with van der Waals surface area (Å²) in [6.07, 6.45) is 3.43. The van der Waals surface area contributed by atoms with Gasteiger partial charge in [-0.2, -0.15) is 0 Å². The Balaban J connectivity index is 2.12. The fraction of sp³-hybridized carbons (Fsp3) is 0.538. The molecule has 6 heteroatoms. The van der Waals surface area contributed by atoms with Crippen molar-refractivity contribution in [2.75, 3.05) is 13.2 Å². The van der Waals surface area contributed by atoms with Gasteiger partial charge in [-0.05, 0) is 37.9 Å². The molecule has 0 spiro atoms. The molecule has 0 aliphatic carbocycles. The highest BCUT2D eigenvalue weighted by Crippen LogP contribution is 2.34. The lowest BCUT2D eigenvalue weighted by molar-refractivity contribution is -0.386. The summed E-state index contributed by atoms with van der Waals surface area (Å²) in [6.45, 7) is 3.29. The summed E-state index contributed by atoms with van der Waals surface area (Å²) < 4.78 is 6.39. The maximum atomic E-state index is 11.1. The van der Waals surface area contributed by atoms with Crippen molar-refractivity contribution >= 4 is 21.6 Å². The van der Waals surface area contributed by atoms with Crippen molar-refractivity contribution in [3.63, 3.8) is 0 Å². The van der Waals surface area contributed by atoms with Gasteiger partial charge in [-0.1, -0.05) is 22.4 Å². The molecule has 1 N–H and O–H groups in total. The molecule has 0 saturated carbocycles. The SMILES string of the molecule is Cc1cc(Br)cc([N+](=O)[O-])c1OCC1CCCCN1. The largest absolute Gasteiger partial charge is 0.485 e. The first-order chi connectivity index (χ1) is 9.08. The number of nitrogens with zero attached hydrogens (tertiary/aromatic N) is 1. The third-order valence-electron chi connectivity index (χ3n) is 3.26. The predicted octanol–water partition coefficient (Wildman–Crippen LogP) is 3.19. The topological polar surface area (TPSA) is 64.4 Å². The van der Waals surface area contributed by atoms with Crippen LogP contribution < -0.4 is 10.1 Å². The molecular formula is C13H17BrN2O3. The number of rotatable bonds is 4. The van der Waals surface area contributed by atoms with Crippen molar-refractivity contribution in [3.05, 3.63) is 32.3 Å².